The number of nitrogens with zero attached hydrogens (tertiary/aromatic N) is 1. The summed E-state index contributed by atoms with van der Waals surface area (Å²) in [5.41, 5.74) is 0.242. The second-order valence-electron chi connectivity index (χ2n) is 1.97. The molecule has 1 atom stereocenters. The van der Waals surface area contributed by atoms with Gasteiger partial charge in [0.25, 0.3) is 0 Å². The Morgan fingerprint density at radius 2 is 2.27 bits per heavy atom. The van der Waals surface area contributed by atoms with Crippen LogP contribution in [0.5, 0.6) is 0 Å². The van der Waals surface area contributed by atoms with Crippen molar-refractivity contribution in [3.8, 4) is 0 Å². The quantitative estimate of drug-likeness (QED) is 0.513. The number of halogens is 1. The van der Waals surface area contributed by atoms with Gasteiger partial charge in [0.15, 0.2) is 11.1 Å². The molecule has 60 valence electrons. The van der Waals surface area contributed by atoms with Crippen LogP contribution in [-0.4, -0.2) is 13.7 Å². The van der Waals surface area contributed by atoms with E-state index in [4.69, 9.17) is 4.55 Å². The Hall–Kier alpha value is -0.810. The van der Waals surface area contributed by atoms with Gasteiger partial charge in [0.2, 0.25) is 5.95 Å². The molecule has 0 aliphatic carbocycles. The van der Waals surface area contributed by atoms with E-state index in [1.54, 1.807) is 0 Å². The van der Waals surface area contributed by atoms with Crippen LogP contribution in [0.1, 0.15) is 5.69 Å². The third-order valence-corrected chi connectivity index (χ3v) is 2.00. The summed E-state index contributed by atoms with van der Waals surface area (Å²) in [4.78, 5) is 3.52. The fourth-order valence-electron chi connectivity index (χ4n) is 0.702. The third kappa shape index (κ3) is 1.81. The van der Waals surface area contributed by atoms with Crippen LogP contribution in [0.4, 0.5) is 4.39 Å². The summed E-state index contributed by atoms with van der Waals surface area (Å²) in [7, 11) is 0. The molecule has 1 heterocycles. The molecule has 1 rings (SSSR count). The van der Waals surface area contributed by atoms with Gasteiger partial charge in [-0.15, -0.1) is 0 Å². The van der Waals surface area contributed by atoms with Crippen LogP contribution >= 0.6 is 0 Å². The Morgan fingerprint density at radius 3 is 2.73 bits per heavy atom. The SMILES string of the molecule is Cc1nc(F)ccc1S(=O)O. The van der Waals surface area contributed by atoms with Crippen LogP contribution in [0, 0.1) is 12.9 Å². The summed E-state index contributed by atoms with van der Waals surface area (Å²) >= 11 is -2.08. The molecule has 0 bridgehead atoms. The van der Waals surface area contributed by atoms with Gasteiger partial charge in [-0.25, -0.2) is 9.19 Å². The minimum atomic E-state index is -2.08. The van der Waals surface area contributed by atoms with Crippen LogP contribution in [0.25, 0.3) is 0 Å². The van der Waals surface area contributed by atoms with E-state index >= 15 is 0 Å². The van der Waals surface area contributed by atoms with Gasteiger partial charge in [-0.2, -0.15) is 4.39 Å². The zero-order valence-electron chi connectivity index (χ0n) is 5.74. The van der Waals surface area contributed by atoms with E-state index < -0.39 is 17.0 Å². The van der Waals surface area contributed by atoms with Crippen LogP contribution < -0.4 is 0 Å². The molecular weight excluding hydrogens is 169 g/mol. The van der Waals surface area contributed by atoms with Gasteiger partial charge >= 0.3 is 0 Å². The van der Waals surface area contributed by atoms with E-state index in [1.165, 1.54) is 13.0 Å². The molecule has 0 aliphatic rings. The lowest BCUT2D eigenvalue weighted by atomic mass is 10.4. The molecule has 11 heavy (non-hydrogen) atoms. The average Bonchev–Trinajstić information content (AvgIpc) is 1.85. The van der Waals surface area contributed by atoms with Crippen LogP contribution in [0.15, 0.2) is 17.0 Å². The normalized spacial score (nSPS) is 13.0. The Morgan fingerprint density at radius 1 is 1.64 bits per heavy atom. The zero-order valence-corrected chi connectivity index (χ0v) is 6.56. The second kappa shape index (κ2) is 3.06. The number of hydrogen-bond donors (Lipinski definition) is 1. The summed E-state index contributed by atoms with van der Waals surface area (Å²) in [5.74, 6) is -0.642. The summed E-state index contributed by atoms with van der Waals surface area (Å²) in [5, 5.41) is 0. The summed E-state index contributed by atoms with van der Waals surface area (Å²) in [6, 6.07) is 2.30. The molecule has 3 nitrogen and oxygen atoms in total. The number of rotatable bonds is 1. The average molecular weight is 175 g/mol. The molecule has 0 radical (unpaired) electrons. The first kappa shape index (κ1) is 8.29. The van der Waals surface area contributed by atoms with Crippen LogP contribution in [0.3, 0.4) is 0 Å². The van der Waals surface area contributed by atoms with Gasteiger partial charge in [0.05, 0.1) is 10.6 Å². The molecule has 0 fully saturated rings. The minimum absolute atomic E-state index is 0.145. The highest BCUT2D eigenvalue weighted by Gasteiger charge is 2.05. The minimum Gasteiger partial charge on any atom is -0.302 e. The molecule has 5 heteroatoms. The Balaban J connectivity index is 3.20. The third-order valence-electron chi connectivity index (χ3n) is 1.19. The van der Waals surface area contributed by atoms with Crippen molar-refractivity contribution in [2.45, 2.75) is 11.8 Å². The number of hydrogen-bond acceptors (Lipinski definition) is 2. The Bertz CT molecular complexity index is 303. The maximum absolute atomic E-state index is 12.3. The van der Waals surface area contributed by atoms with Crippen molar-refractivity contribution in [1.29, 1.82) is 0 Å². The van der Waals surface area contributed by atoms with E-state index in [2.05, 4.69) is 4.98 Å². The highest BCUT2D eigenvalue weighted by Crippen LogP contribution is 2.08. The maximum Gasteiger partial charge on any atom is 0.213 e. The fourth-order valence-corrected chi connectivity index (χ4v) is 1.19. The van der Waals surface area contributed by atoms with Gasteiger partial charge < -0.3 is 4.55 Å². The first-order chi connectivity index (χ1) is 5.11. The van der Waals surface area contributed by atoms with Crippen molar-refractivity contribution < 1.29 is 13.2 Å². The van der Waals surface area contributed by atoms with E-state index in [-0.39, 0.29) is 10.6 Å². The van der Waals surface area contributed by atoms with E-state index in [0.717, 1.165) is 6.07 Å². The standard InChI is InChI=1S/C6H6FNO2S/c1-4-5(11(9)10)2-3-6(7)8-4/h2-3H,1H3,(H,9,10). The van der Waals surface area contributed by atoms with Crippen molar-refractivity contribution in [2.24, 2.45) is 0 Å². The molecule has 1 aromatic heterocycles. The van der Waals surface area contributed by atoms with Gasteiger partial charge in [0, 0.05) is 0 Å². The van der Waals surface area contributed by atoms with Gasteiger partial charge in [-0.1, -0.05) is 0 Å². The molecule has 1 unspecified atom stereocenters. The fraction of sp³-hybridized carbons (Fsp3) is 0.167. The summed E-state index contributed by atoms with van der Waals surface area (Å²) < 4.78 is 31.4. The first-order valence-corrected chi connectivity index (χ1v) is 3.96. The van der Waals surface area contributed by atoms with Gasteiger partial charge in [-0.3, -0.25) is 0 Å². The smallest absolute Gasteiger partial charge is 0.213 e. The molecule has 0 spiro atoms. The molecule has 1 aromatic rings. The van der Waals surface area contributed by atoms with E-state index in [9.17, 15) is 8.60 Å². The molecule has 1 N–H and O–H groups in total. The number of aromatic nitrogens is 1. The molecule has 0 aromatic carbocycles. The number of aryl methyl sites for hydroxylation is 1. The highest BCUT2D eigenvalue weighted by atomic mass is 32.2. The Kier molecular flexibility index (Phi) is 2.31. The zero-order chi connectivity index (χ0) is 8.43. The summed E-state index contributed by atoms with van der Waals surface area (Å²) in [6.07, 6.45) is 0. The van der Waals surface area contributed by atoms with E-state index in [1.807, 2.05) is 0 Å². The van der Waals surface area contributed by atoms with Crippen molar-refractivity contribution >= 4 is 11.1 Å². The lowest BCUT2D eigenvalue weighted by Gasteiger charge is -1.97. The highest BCUT2D eigenvalue weighted by molar-refractivity contribution is 7.79. The maximum atomic E-state index is 12.3. The molecule has 0 saturated carbocycles. The van der Waals surface area contributed by atoms with Crippen molar-refractivity contribution in [3.63, 3.8) is 0 Å². The Labute approximate surface area is 65.6 Å². The molecule has 0 aliphatic heterocycles. The lowest BCUT2D eigenvalue weighted by molar-refractivity contribution is 0.556. The van der Waals surface area contributed by atoms with Gasteiger partial charge in [-0.05, 0) is 19.1 Å². The monoisotopic (exact) mass is 175 g/mol. The lowest BCUT2D eigenvalue weighted by Crippen LogP contribution is -1.96. The van der Waals surface area contributed by atoms with Crippen LogP contribution in [-0.2, 0) is 11.1 Å². The molecule has 0 amide bonds. The molecular formula is C6H6FNO2S. The predicted octanol–water partition coefficient (Wildman–Crippen LogP) is 1.11. The largest absolute Gasteiger partial charge is 0.302 e. The second-order valence-corrected chi connectivity index (χ2v) is 2.90. The van der Waals surface area contributed by atoms with Crippen LogP contribution in [0.2, 0.25) is 0 Å². The van der Waals surface area contributed by atoms with E-state index in [0.29, 0.717) is 0 Å². The first-order valence-electron chi connectivity index (χ1n) is 2.85. The number of pyridine rings is 1. The topological polar surface area (TPSA) is 50.2 Å². The van der Waals surface area contributed by atoms with Crippen molar-refractivity contribution in [2.75, 3.05) is 0 Å². The molecule has 0 saturated heterocycles. The van der Waals surface area contributed by atoms with Crippen molar-refractivity contribution in [3.05, 3.63) is 23.8 Å². The summed E-state index contributed by atoms with van der Waals surface area (Å²) in [6.45, 7) is 1.48. The van der Waals surface area contributed by atoms with Crippen molar-refractivity contribution in [1.82, 2.24) is 4.98 Å². The van der Waals surface area contributed by atoms with Gasteiger partial charge in [0.1, 0.15) is 0 Å². The predicted molar refractivity (Wildman–Crippen MR) is 38.0 cm³/mol.